The number of amides is 2. The van der Waals surface area contributed by atoms with Crippen LogP contribution in [0.2, 0.25) is 0 Å². The molecule has 2 aliphatic rings. The van der Waals surface area contributed by atoms with Crippen molar-refractivity contribution in [3.8, 4) is 0 Å². The Balaban J connectivity index is 1.64. The third-order valence-corrected chi connectivity index (χ3v) is 5.04. The molecule has 2 heterocycles. The summed E-state index contributed by atoms with van der Waals surface area (Å²) in [6.45, 7) is 6.02. The fraction of sp³-hybridized carbons (Fsp3) is 0.550. The summed E-state index contributed by atoms with van der Waals surface area (Å²) in [7, 11) is 0. The van der Waals surface area contributed by atoms with Crippen LogP contribution in [0.15, 0.2) is 24.3 Å². The van der Waals surface area contributed by atoms with E-state index in [0.717, 1.165) is 12.8 Å². The quantitative estimate of drug-likeness (QED) is 0.776. The van der Waals surface area contributed by atoms with Crippen LogP contribution in [0.1, 0.15) is 43.5 Å². The van der Waals surface area contributed by atoms with Gasteiger partial charge in [0.15, 0.2) is 6.61 Å². The lowest BCUT2D eigenvalue weighted by atomic mass is 9.92. The lowest BCUT2D eigenvalue weighted by Crippen LogP contribution is -2.44. The minimum absolute atomic E-state index is 0.0117. The minimum Gasteiger partial charge on any atom is -0.452 e. The monoisotopic (exact) mass is 358 g/mol. The summed E-state index contributed by atoms with van der Waals surface area (Å²) in [5, 5.41) is 0. The smallest absolute Gasteiger partial charge is 0.340 e. The molecule has 0 unspecified atom stereocenters. The predicted octanol–water partition coefficient (Wildman–Crippen LogP) is 2.47. The summed E-state index contributed by atoms with van der Waals surface area (Å²) in [4.78, 5) is 40.3. The Labute approximate surface area is 154 Å². The Kier molecular flexibility index (Phi) is 5.59. The van der Waals surface area contributed by atoms with Gasteiger partial charge in [0.25, 0.3) is 5.91 Å². The molecule has 0 N–H and O–H groups in total. The number of anilines is 1. The zero-order chi connectivity index (χ0) is 18.7. The van der Waals surface area contributed by atoms with Crippen LogP contribution >= 0.6 is 0 Å². The van der Waals surface area contributed by atoms with Crippen LogP contribution in [0.4, 0.5) is 5.69 Å². The SMILES string of the molecule is C[C@@H]1C[C@@H](C)CN(C(=O)COC(=O)c2ccccc2N2CCCC2=O)C1. The molecule has 0 aliphatic carbocycles. The second-order valence-corrected chi connectivity index (χ2v) is 7.49. The average Bonchev–Trinajstić information content (AvgIpc) is 3.04. The van der Waals surface area contributed by atoms with Crippen molar-refractivity contribution in [2.45, 2.75) is 33.1 Å². The normalized spacial score (nSPS) is 23.2. The van der Waals surface area contributed by atoms with Gasteiger partial charge in [-0.05, 0) is 36.8 Å². The molecule has 2 aliphatic heterocycles. The molecule has 26 heavy (non-hydrogen) atoms. The number of nitrogens with zero attached hydrogens (tertiary/aromatic N) is 2. The highest BCUT2D eigenvalue weighted by molar-refractivity contribution is 6.03. The van der Waals surface area contributed by atoms with Crippen LogP contribution < -0.4 is 4.90 Å². The van der Waals surface area contributed by atoms with Gasteiger partial charge in [0.05, 0.1) is 11.3 Å². The summed E-state index contributed by atoms with van der Waals surface area (Å²) in [5.41, 5.74) is 0.892. The molecule has 140 valence electrons. The van der Waals surface area contributed by atoms with Crippen molar-refractivity contribution in [1.82, 2.24) is 4.90 Å². The average molecular weight is 358 g/mol. The van der Waals surface area contributed by atoms with Crippen molar-refractivity contribution >= 4 is 23.5 Å². The Bertz CT molecular complexity index is 693. The van der Waals surface area contributed by atoms with Crippen LogP contribution in [0.25, 0.3) is 0 Å². The Morgan fingerprint density at radius 3 is 2.50 bits per heavy atom. The van der Waals surface area contributed by atoms with Gasteiger partial charge in [-0.2, -0.15) is 0 Å². The van der Waals surface area contributed by atoms with Crippen molar-refractivity contribution in [2.24, 2.45) is 11.8 Å². The van der Waals surface area contributed by atoms with Crippen LogP contribution in [-0.2, 0) is 14.3 Å². The van der Waals surface area contributed by atoms with E-state index in [4.69, 9.17) is 4.74 Å². The van der Waals surface area contributed by atoms with E-state index < -0.39 is 5.97 Å². The first-order chi connectivity index (χ1) is 12.5. The summed E-state index contributed by atoms with van der Waals surface area (Å²) in [6.07, 6.45) is 2.39. The number of piperidine rings is 1. The zero-order valence-electron chi connectivity index (χ0n) is 15.4. The summed E-state index contributed by atoms with van der Waals surface area (Å²) >= 11 is 0. The van der Waals surface area contributed by atoms with Gasteiger partial charge in [0.2, 0.25) is 5.91 Å². The number of ether oxygens (including phenoxy) is 1. The highest BCUT2D eigenvalue weighted by Crippen LogP contribution is 2.26. The standard InChI is InChI=1S/C20H26N2O4/c1-14-10-15(2)12-21(11-14)19(24)13-26-20(25)16-6-3-4-7-17(16)22-9-5-8-18(22)23/h3-4,6-7,14-15H,5,8-13H2,1-2H3/t14-,15-/m1/s1. The lowest BCUT2D eigenvalue weighted by Gasteiger charge is -2.34. The zero-order valence-corrected chi connectivity index (χ0v) is 15.4. The van der Waals surface area contributed by atoms with E-state index in [1.165, 1.54) is 0 Å². The summed E-state index contributed by atoms with van der Waals surface area (Å²) in [6, 6.07) is 6.91. The van der Waals surface area contributed by atoms with Crippen molar-refractivity contribution in [3.63, 3.8) is 0 Å². The Hall–Kier alpha value is -2.37. The van der Waals surface area contributed by atoms with Gasteiger partial charge < -0.3 is 14.5 Å². The number of carbonyl (C=O) groups is 3. The van der Waals surface area contributed by atoms with Gasteiger partial charge in [-0.15, -0.1) is 0 Å². The van der Waals surface area contributed by atoms with Crippen LogP contribution in [0.3, 0.4) is 0 Å². The second-order valence-electron chi connectivity index (χ2n) is 7.49. The molecule has 6 heteroatoms. The molecule has 3 rings (SSSR count). The fourth-order valence-corrected chi connectivity index (χ4v) is 3.95. The summed E-state index contributed by atoms with van der Waals surface area (Å²) < 4.78 is 5.28. The maximum absolute atomic E-state index is 12.5. The van der Waals surface area contributed by atoms with Crippen LogP contribution in [0.5, 0.6) is 0 Å². The number of hydrogen-bond donors (Lipinski definition) is 0. The molecular formula is C20H26N2O4. The van der Waals surface area contributed by atoms with Gasteiger partial charge in [0.1, 0.15) is 0 Å². The van der Waals surface area contributed by atoms with E-state index in [0.29, 0.717) is 49.1 Å². The lowest BCUT2D eigenvalue weighted by molar-refractivity contribution is -0.137. The molecule has 0 spiro atoms. The number of hydrogen-bond acceptors (Lipinski definition) is 4. The van der Waals surface area contributed by atoms with Gasteiger partial charge in [-0.25, -0.2) is 4.79 Å². The molecule has 1 aromatic rings. The van der Waals surface area contributed by atoms with E-state index in [9.17, 15) is 14.4 Å². The van der Waals surface area contributed by atoms with Crippen molar-refractivity contribution in [3.05, 3.63) is 29.8 Å². The fourth-order valence-electron chi connectivity index (χ4n) is 3.95. The largest absolute Gasteiger partial charge is 0.452 e. The van der Waals surface area contributed by atoms with Crippen molar-refractivity contribution in [1.29, 1.82) is 0 Å². The second kappa shape index (κ2) is 7.89. The molecular weight excluding hydrogens is 332 g/mol. The number of benzene rings is 1. The molecule has 2 saturated heterocycles. The third kappa shape index (κ3) is 4.06. The first-order valence-corrected chi connectivity index (χ1v) is 9.30. The minimum atomic E-state index is -0.563. The van der Waals surface area contributed by atoms with E-state index in [2.05, 4.69) is 13.8 Å². The topological polar surface area (TPSA) is 66.9 Å². The predicted molar refractivity (Wildman–Crippen MR) is 97.8 cm³/mol. The molecule has 0 bridgehead atoms. The number of likely N-dealkylation sites (tertiary alicyclic amines) is 1. The molecule has 0 radical (unpaired) electrons. The van der Waals surface area contributed by atoms with E-state index in [-0.39, 0.29) is 18.4 Å². The molecule has 2 atom stereocenters. The van der Waals surface area contributed by atoms with Gasteiger partial charge in [-0.3, -0.25) is 9.59 Å². The maximum Gasteiger partial charge on any atom is 0.340 e. The number of rotatable bonds is 4. The molecule has 2 fully saturated rings. The highest BCUT2D eigenvalue weighted by atomic mass is 16.5. The third-order valence-electron chi connectivity index (χ3n) is 5.04. The first kappa shape index (κ1) is 18.4. The molecule has 1 aromatic carbocycles. The van der Waals surface area contributed by atoms with E-state index in [1.807, 2.05) is 0 Å². The maximum atomic E-state index is 12.5. The Morgan fingerprint density at radius 1 is 1.15 bits per heavy atom. The Morgan fingerprint density at radius 2 is 1.85 bits per heavy atom. The summed E-state index contributed by atoms with van der Waals surface area (Å²) in [5.74, 6) is 0.205. The molecule has 0 aromatic heterocycles. The van der Waals surface area contributed by atoms with Gasteiger partial charge in [0, 0.05) is 26.1 Å². The van der Waals surface area contributed by atoms with E-state index in [1.54, 1.807) is 34.1 Å². The van der Waals surface area contributed by atoms with E-state index >= 15 is 0 Å². The van der Waals surface area contributed by atoms with Gasteiger partial charge >= 0.3 is 5.97 Å². The number of para-hydroxylation sites is 1. The molecule has 6 nitrogen and oxygen atoms in total. The first-order valence-electron chi connectivity index (χ1n) is 9.30. The highest BCUT2D eigenvalue weighted by Gasteiger charge is 2.28. The van der Waals surface area contributed by atoms with Gasteiger partial charge in [-0.1, -0.05) is 26.0 Å². The van der Waals surface area contributed by atoms with Crippen molar-refractivity contribution in [2.75, 3.05) is 31.1 Å². The van der Waals surface area contributed by atoms with Crippen LogP contribution in [-0.4, -0.2) is 48.9 Å². The molecule has 2 amide bonds. The number of esters is 1. The van der Waals surface area contributed by atoms with Crippen molar-refractivity contribution < 1.29 is 19.1 Å². The van der Waals surface area contributed by atoms with Crippen LogP contribution in [0, 0.1) is 11.8 Å². The number of carbonyl (C=O) groups excluding carboxylic acids is 3. The molecule has 0 saturated carbocycles.